The van der Waals surface area contributed by atoms with E-state index in [9.17, 15) is 9.90 Å². The lowest BCUT2D eigenvalue weighted by molar-refractivity contribution is -0.142. The van der Waals surface area contributed by atoms with Gasteiger partial charge >= 0.3 is 5.97 Å². The van der Waals surface area contributed by atoms with Gasteiger partial charge in [0.1, 0.15) is 17.7 Å². The minimum atomic E-state index is -0.931. The monoisotopic (exact) mass is 293 g/mol. The fraction of sp³-hybridized carbons (Fsp3) is 0.667. The van der Waals surface area contributed by atoms with E-state index in [4.69, 9.17) is 4.74 Å². The Bertz CT molecular complexity index is 483. The molecule has 6 nitrogen and oxygen atoms in total. The van der Waals surface area contributed by atoms with E-state index in [1.807, 2.05) is 13.8 Å². The molecule has 21 heavy (non-hydrogen) atoms. The van der Waals surface area contributed by atoms with Gasteiger partial charge in [0, 0.05) is 6.07 Å². The van der Waals surface area contributed by atoms with Crippen molar-refractivity contribution in [3.8, 4) is 5.88 Å². The number of carboxylic acids is 1. The Labute approximate surface area is 124 Å². The minimum absolute atomic E-state index is 0.0130. The van der Waals surface area contributed by atoms with Gasteiger partial charge in [-0.1, -0.05) is 25.7 Å². The number of carboxylic acid groups (broad SMARTS) is 1. The van der Waals surface area contributed by atoms with Crippen molar-refractivity contribution in [2.45, 2.75) is 64.0 Å². The number of nitrogens with one attached hydrogen (secondary N) is 1. The molecule has 116 valence electrons. The van der Waals surface area contributed by atoms with Gasteiger partial charge in [-0.15, -0.1) is 0 Å². The van der Waals surface area contributed by atoms with E-state index in [0.717, 1.165) is 25.7 Å². The van der Waals surface area contributed by atoms with Crippen LogP contribution in [0.15, 0.2) is 12.4 Å². The predicted octanol–water partition coefficient (Wildman–Crippen LogP) is 2.85. The molecule has 1 aliphatic rings. The molecule has 0 aromatic carbocycles. The summed E-state index contributed by atoms with van der Waals surface area (Å²) >= 11 is 0. The second-order valence-electron chi connectivity index (χ2n) is 5.83. The van der Waals surface area contributed by atoms with Crippen LogP contribution in [0, 0.1) is 0 Å². The molecule has 0 aliphatic heterocycles. The molecule has 1 fully saturated rings. The maximum atomic E-state index is 11.8. The molecule has 1 heterocycles. The third-order valence-corrected chi connectivity index (χ3v) is 3.73. The van der Waals surface area contributed by atoms with Crippen LogP contribution < -0.4 is 10.1 Å². The largest absolute Gasteiger partial charge is 0.480 e. The number of ether oxygens (including phenoxy) is 1. The lowest BCUT2D eigenvalue weighted by atomic mass is 9.90. The van der Waals surface area contributed by atoms with Crippen LogP contribution in [0.2, 0.25) is 0 Å². The van der Waals surface area contributed by atoms with Gasteiger partial charge in [0.05, 0.1) is 6.10 Å². The van der Waals surface area contributed by atoms with E-state index >= 15 is 0 Å². The molecule has 1 aromatic rings. The second kappa shape index (κ2) is 6.74. The predicted molar refractivity (Wildman–Crippen MR) is 79.5 cm³/mol. The molecular weight excluding hydrogens is 270 g/mol. The highest BCUT2D eigenvalue weighted by Crippen LogP contribution is 2.31. The molecule has 1 saturated carbocycles. The van der Waals surface area contributed by atoms with Crippen LogP contribution in [0.5, 0.6) is 5.88 Å². The molecule has 1 aromatic heterocycles. The summed E-state index contributed by atoms with van der Waals surface area (Å²) in [5.74, 6) is 0.149. The molecule has 0 radical (unpaired) electrons. The fourth-order valence-corrected chi connectivity index (χ4v) is 2.68. The molecule has 6 heteroatoms. The van der Waals surface area contributed by atoms with Crippen LogP contribution in [0.4, 0.5) is 5.82 Å². The molecule has 2 rings (SSSR count). The Morgan fingerprint density at radius 3 is 2.52 bits per heavy atom. The van der Waals surface area contributed by atoms with Gasteiger partial charge in [0.15, 0.2) is 0 Å². The zero-order chi connectivity index (χ0) is 15.3. The third-order valence-electron chi connectivity index (χ3n) is 3.73. The molecule has 0 amide bonds. The summed E-state index contributed by atoms with van der Waals surface area (Å²) in [7, 11) is 0. The zero-order valence-electron chi connectivity index (χ0n) is 12.6. The first kappa shape index (κ1) is 15.5. The van der Waals surface area contributed by atoms with E-state index in [0.29, 0.717) is 24.5 Å². The van der Waals surface area contributed by atoms with E-state index in [2.05, 4.69) is 15.3 Å². The van der Waals surface area contributed by atoms with Gasteiger partial charge < -0.3 is 15.2 Å². The summed E-state index contributed by atoms with van der Waals surface area (Å²) in [5.41, 5.74) is -0.931. The Morgan fingerprint density at radius 1 is 1.29 bits per heavy atom. The Balaban J connectivity index is 2.18. The van der Waals surface area contributed by atoms with Crippen LogP contribution in [-0.2, 0) is 4.79 Å². The summed E-state index contributed by atoms with van der Waals surface area (Å²) in [6.45, 7) is 3.83. The third kappa shape index (κ3) is 4.06. The van der Waals surface area contributed by atoms with Crippen molar-refractivity contribution in [3.05, 3.63) is 12.4 Å². The normalized spacial score (nSPS) is 18.0. The number of anilines is 1. The minimum Gasteiger partial charge on any atom is -0.480 e. The second-order valence-corrected chi connectivity index (χ2v) is 5.83. The van der Waals surface area contributed by atoms with Crippen LogP contribution in [0.3, 0.4) is 0 Å². The van der Waals surface area contributed by atoms with Crippen LogP contribution >= 0.6 is 0 Å². The van der Waals surface area contributed by atoms with Crippen LogP contribution in [-0.4, -0.2) is 32.7 Å². The van der Waals surface area contributed by atoms with Gasteiger partial charge in [0.25, 0.3) is 0 Å². The smallest absolute Gasteiger partial charge is 0.329 e. The molecule has 0 bridgehead atoms. The highest BCUT2D eigenvalue weighted by molar-refractivity contribution is 5.82. The number of nitrogens with zero attached hydrogens (tertiary/aromatic N) is 2. The van der Waals surface area contributed by atoms with Gasteiger partial charge in [-0.25, -0.2) is 14.8 Å². The highest BCUT2D eigenvalue weighted by atomic mass is 16.5. The fourth-order valence-electron chi connectivity index (χ4n) is 2.68. The lowest BCUT2D eigenvalue weighted by Crippen LogP contribution is -2.46. The molecule has 0 unspecified atom stereocenters. The summed E-state index contributed by atoms with van der Waals surface area (Å²) < 4.78 is 5.52. The van der Waals surface area contributed by atoms with E-state index in [1.165, 1.54) is 6.33 Å². The maximum Gasteiger partial charge on any atom is 0.329 e. The number of hydrogen-bond acceptors (Lipinski definition) is 5. The molecule has 0 atom stereocenters. The van der Waals surface area contributed by atoms with Crippen LogP contribution in [0.1, 0.15) is 52.4 Å². The first-order valence-corrected chi connectivity index (χ1v) is 7.52. The van der Waals surface area contributed by atoms with E-state index < -0.39 is 11.5 Å². The summed E-state index contributed by atoms with van der Waals surface area (Å²) in [4.78, 5) is 19.9. The summed E-state index contributed by atoms with van der Waals surface area (Å²) in [6.07, 6.45) is 6.65. The van der Waals surface area contributed by atoms with Crippen molar-refractivity contribution < 1.29 is 14.6 Å². The molecule has 0 saturated heterocycles. The standard InChI is InChI=1S/C15H23N3O3/c1-11(2)21-13-9-12(16-10-17-13)18-15(14(19)20)7-5-3-4-6-8-15/h9-11H,3-8H2,1-2H3,(H,19,20)(H,16,17,18). The molecule has 2 N–H and O–H groups in total. The number of aromatic nitrogens is 2. The van der Waals surface area contributed by atoms with Crippen molar-refractivity contribution >= 4 is 11.8 Å². The maximum absolute atomic E-state index is 11.8. The SMILES string of the molecule is CC(C)Oc1cc(NC2(C(=O)O)CCCCCC2)ncn1. The quantitative estimate of drug-likeness (QED) is 0.812. The van der Waals surface area contributed by atoms with Crippen molar-refractivity contribution in [2.75, 3.05) is 5.32 Å². The summed E-state index contributed by atoms with van der Waals surface area (Å²) in [5, 5.41) is 12.8. The van der Waals surface area contributed by atoms with E-state index in [-0.39, 0.29) is 6.10 Å². The molecular formula is C15H23N3O3. The van der Waals surface area contributed by atoms with Crippen molar-refractivity contribution in [3.63, 3.8) is 0 Å². The van der Waals surface area contributed by atoms with Gasteiger partial charge in [-0.05, 0) is 26.7 Å². The van der Waals surface area contributed by atoms with Crippen LogP contribution in [0.25, 0.3) is 0 Å². The first-order chi connectivity index (χ1) is 10.0. The lowest BCUT2D eigenvalue weighted by Gasteiger charge is -2.29. The number of hydrogen-bond donors (Lipinski definition) is 2. The average molecular weight is 293 g/mol. The van der Waals surface area contributed by atoms with Crippen molar-refractivity contribution in [1.82, 2.24) is 9.97 Å². The first-order valence-electron chi connectivity index (χ1n) is 7.52. The van der Waals surface area contributed by atoms with E-state index in [1.54, 1.807) is 6.07 Å². The number of rotatable bonds is 5. The average Bonchev–Trinajstić information content (AvgIpc) is 2.65. The number of aliphatic carboxylic acids is 1. The van der Waals surface area contributed by atoms with Crippen molar-refractivity contribution in [2.24, 2.45) is 0 Å². The van der Waals surface area contributed by atoms with Gasteiger partial charge in [-0.3, -0.25) is 0 Å². The molecule has 0 spiro atoms. The topological polar surface area (TPSA) is 84.3 Å². The van der Waals surface area contributed by atoms with Gasteiger partial charge in [0.2, 0.25) is 5.88 Å². The Hall–Kier alpha value is -1.85. The highest BCUT2D eigenvalue weighted by Gasteiger charge is 2.39. The van der Waals surface area contributed by atoms with Gasteiger partial charge in [-0.2, -0.15) is 0 Å². The summed E-state index contributed by atoms with van der Waals surface area (Å²) in [6, 6.07) is 1.66. The Kier molecular flexibility index (Phi) is 4.98. The number of carbonyl (C=O) groups is 1. The zero-order valence-corrected chi connectivity index (χ0v) is 12.6. The Morgan fingerprint density at radius 2 is 1.95 bits per heavy atom. The van der Waals surface area contributed by atoms with Crippen molar-refractivity contribution in [1.29, 1.82) is 0 Å². The molecule has 1 aliphatic carbocycles.